The van der Waals surface area contributed by atoms with Crippen LogP contribution in [0.15, 0.2) is 23.0 Å². The summed E-state index contributed by atoms with van der Waals surface area (Å²) in [7, 11) is 0. The number of benzene rings is 1. The van der Waals surface area contributed by atoms with Crippen LogP contribution in [0, 0.1) is 6.92 Å². The molecule has 0 radical (unpaired) electrons. The minimum Gasteiger partial charge on any atom is -0.494 e. The van der Waals surface area contributed by atoms with Gasteiger partial charge in [0.15, 0.2) is 5.43 Å². The maximum absolute atomic E-state index is 13.0. The first-order valence-electron chi connectivity index (χ1n) is 8.73. The number of hydrogen-bond acceptors (Lipinski definition) is 2. The minimum absolute atomic E-state index is 0.156. The number of H-pyrrole nitrogens is 1. The normalized spacial score (nSPS) is 21.5. The summed E-state index contributed by atoms with van der Waals surface area (Å²) in [6, 6.07) is 6.36. The molecule has 4 nitrogen and oxygen atoms in total. The predicted molar refractivity (Wildman–Crippen MR) is 93.3 cm³/mol. The molecular formula is C19H27N2O2+. The fourth-order valence-corrected chi connectivity index (χ4v) is 3.64. The van der Waals surface area contributed by atoms with Crippen molar-refractivity contribution >= 4 is 10.9 Å². The molecule has 2 atom stereocenters. The molecule has 2 heterocycles. The van der Waals surface area contributed by atoms with E-state index in [4.69, 9.17) is 4.74 Å². The maximum atomic E-state index is 13.0. The molecule has 2 aromatic rings. The van der Waals surface area contributed by atoms with Crippen LogP contribution < -0.4 is 15.1 Å². The van der Waals surface area contributed by atoms with Crippen LogP contribution in [-0.4, -0.2) is 24.2 Å². The fourth-order valence-electron chi connectivity index (χ4n) is 3.64. The van der Waals surface area contributed by atoms with Gasteiger partial charge in [-0.25, -0.2) is 0 Å². The Bertz CT molecular complexity index is 751. The van der Waals surface area contributed by atoms with Crippen molar-refractivity contribution in [3.05, 3.63) is 39.7 Å². The van der Waals surface area contributed by atoms with E-state index in [9.17, 15) is 4.79 Å². The van der Waals surface area contributed by atoms with Crippen LogP contribution in [0.3, 0.4) is 0 Å². The number of likely N-dealkylation sites (tertiary alicyclic amines) is 1. The lowest BCUT2D eigenvalue weighted by Gasteiger charge is -2.30. The smallest absolute Gasteiger partial charge is 0.198 e. The number of piperidine rings is 1. The first-order chi connectivity index (χ1) is 11.1. The standard InChI is InChI=1S/C19H26N2O2/c1-4-23-15-8-9-18-16(11-15)19(22)17(14(3)20-18)12-21-10-6-5-7-13(21)2/h8-9,11,13H,4-7,10,12H2,1-3H3,(H,20,22)/p+1. The van der Waals surface area contributed by atoms with Crippen LogP contribution in [0.4, 0.5) is 0 Å². The predicted octanol–water partition coefficient (Wildman–Crippen LogP) is 2.19. The molecule has 0 aliphatic carbocycles. The highest BCUT2D eigenvalue weighted by molar-refractivity contribution is 5.81. The van der Waals surface area contributed by atoms with Gasteiger partial charge in [0, 0.05) is 16.6 Å². The Kier molecular flexibility index (Phi) is 4.71. The fraction of sp³-hybridized carbons (Fsp3) is 0.526. The van der Waals surface area contributed by atoms with E-state index in [-0.39, 0.29) is 5.43 Å². The van der Waals surface area contributed by atoms with Crippen molar-refractivity contribution < 1.29 is 9.64 Å². The van der Waals surface area contributed by atoms with Gasteiger partial charge in [-0.2, -0.15) is 0 Å². The van der Waals surface area contributed by atoms with Crippen molar-refractivity contribution in [2.45, 2.75) is 52.6 Å². The van der Waals surface area contributed by atoms with E-state index in [0.717, 1.165) is 41.0 Å². The van der Waals surface area contributed by atoms with Gasteiger partial charge in [-0.1, -0.05) is 0 Å². The van der Waals surface area contributed by atoms with E-state index in [2.05, 4.69) is 11.9 Å². The molecule has 23 heavy (non-hydrogen) atoms. The van der Waals surface area contributed by atoms with E-state index < -0.39 is 0 Å². The Morgan fingerprint density at radius 3 is 2.91 bits per heavy atom. The molecule has 0 saturated carbocycles. The summed E-state index contributed by atoms with van der Waals surface area (Å²) in [5.74, 6) is 0.763. The average Bonchev–Trinajstić information content (AvgIpc) is 2.54. The molecule has 1 aliphatic heterocycles. The number of aryl methyl sites for hydroxylation is 1. The zero-order chi connectivity index (χ0) is 16.4. The van der Waals surface area contributed by atoms with Gasteiger partial charge in [0.25, 0.3) is 0 Å². The highest BCUT2D eigenvalue weighted by Crippen LogP contribution is 2.18. The van der Waals surface area contributed by atoms with Gasteiger partial charge in [0.2, 0.25) is 0 Å². The second-order valence-corrected chi connectivity index (χ2v) is 6.68. The van der Waals surface area contributed by atoms with Gasteiger partial charge in [0.1, 0.15) is 12.3 Å². The third-order valence-electron chi connectivity index (χ3n) is 5.08. The van der Waals surface area contributed by atoms with E-state index in [1.165, 1.54) is 24.2 Å². The van der Waals surface area contributed by atoms with Crippen LogP contribution in [-0.2, 0) is 6.54 Å². The van der Waals surface area contributed by atoms with Gasteiger partial charge in [-0.3, -0.25) is 4.79 Å². The van der Waals surface area contributed by atoms with E-state index >= 15 is 0 Å². The molecular weight excluding hydrogens is 288 g/mol. The molecule has 124 valence electrons. The lowest BCUT2D eigenvalue weighted by atomic mass is 10.0. The van der Waals surface area contributed by atoms with E-state index in [1.54, 1.807) is 0 Å². The Morgan fingerprint density at radius 2 is 2.17 bits per heavy atom. The van der Waals surface area contributed by atoms with E-state index in [0.29, 0.717) is 12.6 Å². The second-order valence-electron chi connectivity index (χ2n) is 6.68. The van der Waals surface area contributed by atoms with Gasteiger partial charge < -0.3 is 14.6 Å². The van der Waals surface area contributed by atoms with Crippen molar-refractivity contribution in [2.24, 2.45) is 0 Å². The third-order valence-corrected chi connectivity index (χ3v) is 5.08. The molecule has 2 unspecified atom stereocenters. The lowest BCUT2D eigenvalue weighted by molar-refractivity contribution is -0.942. The first kappa shape index (κ1) is 16.1. The molecule has 2 N–H and O–H groups in total. The zero-order valence-electron chi connectivity index (χ0n) is 14.4. The highest BCUT2D eigenvalue weighted by Gasteiger charge is 2.24. The minimum atomic E-state index is 0.156. The molecule has 1 fully saturated rings. The number of fused-ring (bicyclic) bond motifs is 1. The number of aromatic amines is 1. The average molecular weight is 315 g/mol. The largest absolute Gasteiger partial charge is 0.494 e. The van der Waals surface area contributed by atoms with Gasteiger partial charge >= 0.3 is 0 Å². The summed E-state index contributed by atoms with van der Waals surface area (Å²) in [5.41, 5.74) is 2.97. The molecule has 1 aliphatic rings. The molecule has 0 spiro atoms. The Labute approximate surface area is 137 Å². The van der Waals surface area contributed by atoms with Crippen LogP contribution in [0.2, 0.25) is 0 Å². The maximum Gasteiger partial charge on any atom is 0.198 e. The second kappa shape index (κ2) is 6.75. The summed E-state index contributed by atoms with van der Waals surface area (Å²) < 4.78 is 5.55. The summed E-state index contributed by atoms with van der Waals surface area (Å²) in [6.45, 7) is 8.86. The van der Waals surface area contributed by atoms with E-state index in [1.807, 2.05) is 32.0 Å². The van der Waals surface area contributed by atoms with Crippen molar-refractivity contribution in [1.82, 2.24) is 4.98 Å². The van der Waals surface area contributed by atoms with Crippen LogP contribution >= 0.6 is 0 Å². The SMILES string of the molecule is CCOc1ccc2[nH]c(C)c(C[NH+]3CCCCC3C)c(=O)c2c1. The highest BCUT2D eigenvalue weighted by atomic mass is 16.5. The summed E-state index contributed by atoms with van der Waals surface area (Å²) >= 11 is 0. The van der Waals surface area contributed by atoms with Crippen molar-refractivity contribution in [2.75, 3.05) is 13.2 Å². The number of pyridine rings is 1. The van der Waals surface area contributed by atoms with Gasteiger partial charge in [-0.15, -0.1) is 0 Å². The number of rotatable bonds is 4. The molecule has 1 aromatic carbocycles. The summed E-state index contributed by atoms with van der Waals surface area (Å²) in [4.78, 5) is 17.9. The molecule has 0 amide bonds. The molecule has 4 heteroatoms. The monoisotopic (exact) mass is 315 g/mol. The molecule has 3 rings (SSSR count). The Balaban J connectivity index is 2.00. The van der Waals surface area contributed by atoms with Crippen molar-refractivity contribution in [3.8, 4) is 5.75 Å². The lowest BCUT2D eigenvalue weighted by Crippen LogP contribution is -3.15. The first-order valence-corrected chi connectivity index (χ1v) is 8.73. The Morgan fingerprint density at radius 1 is 1.35 bits per heavy atom. The summed E-state index contributed by atoms with van der Waals surface area (Å²) in [6.07, 6.45) is 3.84. The van der Waals surface area contributed by atoms with Crippen molar-refractivity contribution in [3.63, 3.8) is 0 Å². The molecule has 1 saturated heterocycles. The number of hydrogen-bond donors (Lipinski definition) is 2. The third kappa shape index (κ3) is 3.27. The number of aromatic nitrogens is 1. The van der Waals surface area contributed by atoms with Crippen molar-refractivity contribution in [1.29, 1.82) is 0 Å². The van der Waals surface area contributed by atoms with Gasteiger partial charge in [-0.05, 0) is 58.2 Å². The zero-order valence-corrected chi connectivity index (χ0v) is 14.4. The summed E-state index contributed by atoms with van der Waals surface area (Å²) in [5, 5.41) is 0.737. The number of nitrogens with one attached hydrogen (secondary N) is 2. The van der Waals surface area contributed by atoms with Gasteiger partial charge in [0.05, 0.1) is 24.8 Å². The number of quaternary nitrogens is 1. The topological polar surface area (TPSA) is 46.5 Å². The van der Waals surface area contributed by atoms with Crippen LogP contribution in [0.1, 0.15) is 44.4 Å². The molecule has 0 bridgehead atoms. The van der Waals surface area contributed by atoms with Crippen LogP contribution in [0.5, 0.6) is 5.75 Å². The number of ether oxygens (including phenoxy) is 1. The molecule has 1 aromatic heterocycles. The van der Waals surface area contributed by atoms with Crippen LogP contribution in [0.25, 0.3) is 10.9 Å². The Hall–Kier alpha value is -1.81. The quantitative estimate of drug-likeness (QED) is 0.908.